The number of amides is 2. The number of rotatable bonds is 6. The van der Waals surface area contributed by atoms with Crippen molar-refractivity contribution in [1.29, 1.82) is 0 Å². The summed E-state index contributed by atoms with van der Waals surface area (Å²) >= 11 is 11.8. The third-order valence-electron chi connectivity index (χ3n) is 5.06. The second-order valence-electron chi connectivity index (χ2n) is 7.40. The lowest BCUT2D eigenvalue weighted by molar-refractivity contribution is -0.275. The van der Waals surface area contributed by atoms with E-state index in [-0.39, 0.29) is 40.1 Å². The molecule has 182 valence electrons. The van der Waals surface area contributed by atoms with Gasteiger partial charge >= 0.3 is 12.3 Å². The molecule has 2 aromatic carbocycles. The Labute approximate surface area is 202 Å². The number of hydrogen-bond donors (Lipinski definition) is 1. The van der Waals surface area contributed by atoms with Crippen molar-refractivity contribution in [3.05, 3.63) is 68.7 Å². The summed E-state index contributed by atoms with van der Waals surface area (Å²) in [4.78, 5) is 29.0. The van der Waals surface area contributed by atoms with Crippen LogP contribution in [0.15, 0.2) is 41.6 Å². The average molecular weight is 519 g/mol. The summed E-state index contributed by atoms with van der Waals surface area (Å²) in [6, 6.07) is 7.83. The molecule has 0 bridgehead atoms. The molecule has 0 spiro atoms. The SMILES string of the molecule is COCCOC(=O)NC(=O)c1ccc(C2=NOC(c3cc(Cl)cc(Cl)c3)(C(F)(F)F)C2)cc1C. The van der Waals surface area contributed by atoms with Crippen molar-refractivity contribution in [3.63, 3.8) is 0 Å². The predicted molar refractivity (Wildman–Crippen MR) is 118 cm³/mol. The van der Waals surface area contributed by atoms with Crippen molar-refractivity contribution in [2.75, 3.05) is 20.3 Å². The first-order valence-corrected chi connectivity index (χ1v) is 10.6. The van der Waals surface area contributed by atoms with Gasteiger partial charge in [0, 0.05) is 34.7 Å². The number of aryl methyl sites for hydroxylation is 1. The average Bonchev–Trinajstić information content (AvgIpc) is 3.20. The molecule has 2 aromatic rings. The van der Waals surface area contributed by atoms with E-state index in [0.717, 1.165) is 12.1 Å². The molecule has 34 heavy (non-hydrogen) atoms. The van der Waals surface area contributed by atoms with E-state index >= 15 is 0 Å². The Bertz CT molecular complexity index is 1120. The number of imide groups is 1. The minimum absolute atomic E-state index is 0.0162. The number of nitrogens with zero attached hydrogens (tertiary/aromatic N) is 1. The molecule has 0 aliphatic carbocycles. The maximum atomic E-state index is 14.1. The van der Waals surface area contributed by atoms with Crippen LogP contribution in [0.3, 0.4) is 0 Å². The fraction of sp³-hybridized carbons (Fsp3) is 0.318. The van der Waals surface area contributed by atoms with Gasteiger partial charge in [0.15, 0.2) is 0 Å². The largest absolute Gasteiger partial charge is 0.447 e. The summed E-state index contributed by atoms with van der Waals surface area (Å²) in [6.45, 7) is 1.70. The van der Waals surface area contributed by atoms with Crippen LogP contribution in [-0.2, 0) is 19.9 Å². The summed E-state index contributed by atoms with van der Waals surface area (Å²) in [5.74, 6) is -0.728. The zero-order valence-electron chi connectivity index (χ0n) is 18.0. The Balaban J connectivity index is 1.81. The lowest BCUT2D eigenvalue weighted by atomic mass is 9.86. The van der Waals surface area contributed by atoms with Gasteiger partial charge in [0.25, 0.3) is 11.5 Å². The van der Waals surface area contributed by atoms with Crippen molar-refractivity contribution >= 4 is 40.9 Å². The number of alkyl carbamates (subject to hydrolysis) is 1. The molecule has 3 rings (SSSR count). The molecule has 7 nitrogen and oxygen atoms in total. The molecular weight excluding hydrogens is 500 g/mol. The zero-order chi connectivity index (χ0) is 25.1. The topological polar surface area (TPSA) is 86.2 Å². The zero-order valence-corrected chi connectivity index (χ0v) is 19.5. The summed E-state index contributed by atoms with van der Waals surface area (Å²) in [6.07, 6.45) is -6.41. The summed E-state index contributed by atoms with van der Waals surface area (Å²) in [5.41, 5.74) is -2.19. The van der Waals surface area contributed by atoms with Crippen LogP contribution in [0, 0.1) is 6.92 Å². The van der Waals surface area contributed by atoms with Gasteiger partial charge in [-0.05, 0) is 48.4 Å². The van der Waals surface area contributed by atoms with E-state index in [9.17, 15) is 22.8 Å². The Kier molecular flexibility index (Phi) is 7.74. The van der Waals surface area contributed by atoms with Crippen LogP contribution in [-0.4, -0.2) is 44.2 Å². The number of nitrogens with one attached hydrogen (secondary N) is 1. The van der Waals surface area contributed by atoms with E-state index < -0.39 is 30.2 Å². The van der Waals surface area contributed by atoms with Crippen LogP contribution in [0.1, 0.15) is 33.5 Å². The van der Waals surface area contributed by atoms with Gasteiger partial charge < -0.3 is 14.3 Å². The molecule has 2 amide bonds. The third kappa shape index (κ3) is 5.45. The Morgan fingerprint density at radius 1 is 1.15 bits per heavy atom. The molecule has 1 N–H and O–H groups in total. The first kappa shape index (κ1) is 25.8. The quantitative estimate of drug-likeness (QED) is 0.517. The van der Waals surface area contributed by atoms with Crippen LogP contribution < -0.4 is 5.32 Å². The highest BCUT2D eigenvalue weighted by Crippen LogP contribution is 2.49. The first-order valence-electron chi connectivity index (χ1n) is 9.83. The van der Waals surface area contributed by atoms with E-state index in [2.05, 4.69) is 10.5 Å². The van der Waals surface area contributed by atoms with E-state index in [1.54, 1.807) is 6.92 Å². The second kappa shape index (κ2) is 10.2. The Morgan fingerprint density at radius 3 is 2.41 bits per heavy atom. The van der Waals surface area contributed by atoms with Crippen molar-refractivity contribution in [1.82, 2.24) is 5.32 Å². The normalized spacial score (nSPS) is 17.7. The van der Waals surface area contributed by atoms with Gasteiger partial charge in [-0.25, -0.2) is 4.79 Å². The molecule has 0 saturated heterocycles. The maximum absolute atomic E-state index is 14.1. The monoisotopic (exact) mass is 518 g/mol. The van der Waals surface area contributed by atoms with Gasteiger partial charge in [-0.2, -0.15) is 13.2 Å². The van der Waals surface area contributed by atoms with Crippen molar-refractivity contribution in [3.8, 4) is 0 Å². The van der Waals surface area contributed by atoms with Crippen LogP contribution >= 0.6 is 23.2 Å². The molecule has 0 radical (unpaired) electrons. The van der Waals surface area contributed by atoms with Gasteiger partial charge in [0.2, 0.25) is 0 Å². The number of carbonyl (C=O) groups is 2. The number of carbonyl (C=O) groups excluding carboxylic acids is 2. The third-order valence-corrected chi connectivity index (χ3v) is 5.49. The standard InChI is InChI=1S/C22H19Cl2F3N2O5/c1-12-7-13(3-4-17(12)19(30)28-20(31)33-6-5-32-2)18-11-21(34-29-18,22(25,26)27)14-8-15(23)10-16(24)9-14/h3-4,7-10H,5-6,11H2,1-2H3,(H,28,30,31). The number of halogens is 5. The fourth-order valence-electron chi connectivity index (χ4n) is 3.36. The Morgan fingerprint density at radius 2 is 1.82 bits per heavy atom. The van der Waals surface area contributed by atoms with Crippen LogP contribution in [0.4, 0.5) is 18.0 Å². The van der Waals surface area contributed by atoms with Crippen molar-refractivity contribution in [2.45, 2.75) is 25.1 Å². The number of ether oxygens (including phenoxy) is 2. The highest BCUT2D eigenvalue weighted by atomic mass is 35.5. The number of oxime groups is 1. The molecule has 0 fully saturated rings. The summed E-state index contributed by atoms with van der Waals surface area (Å²) < 4.78 is 52.0. The number of hydrogen-bond acceptors (Lipinski definition) is 6. The lowest BCUT2D eigenvalue weighted by Gasteiger charge is -2.29. The number of methoxy groups -OCH3 is 1. The smallest absolute Gasteiger partial charge is 0.435 e. The summed E-state index contributed by atoms with van der Waals surface area (Å²) in [5, 5.41) is 5.80. The summed E-state index contributed by atoms with van der Waals surface area (Å²) in [7, 11) is 1.43. The minimum Gasteiger partial charge on any atom is -0.447 e. The van der Waals surface area contributed by atoms with Crippen molar-refractivity contribution < 1.29 is 37.1 Å². The highest BCUT2D eigenvalue weighted by Gasteiger charge is 2.62. The fourth-order valence-corrected chi connectivity index (χ4v) is 3.88. The molecule has 0 aromatic heterocycles. The molecule has 1 heterocycles. The van der Waals surface area contributed by atoms with Gasteiger partial charge in [-0.3, -0.25) is 10.1 Å². The van der Waals surface area contributed by atoms with Gasteiger partial charge in [0.1, 0.15) is 6.61 Å². The van der Waals surface area contributed by atoms with Gasteiger partial charge in [-0.1, -0.05) is 34.4 Å². The molecular formula is C22H19Cl2F3N2O5. The van der Waals surface area contributed by atoms with E-state index in [1.807, 2.05) is 0 Å². The molecule has 12 heteroatoms. The minimum atomic E-state index is -4.83. The van der Waals surface area contributed by atoms with E-state index in [0.29, 0.717) is 11.1 Å². The number of benzene rings is 2. The van der Waals surface area contributed by atoms with Crippen LogP contribution in [0.25, 0.3) is 0 Å². The highest BCUT2D eigenvalue weighted by molar-refractivity contribution is 6.34. The van der Waals surface area contributed by atoms with Crippen LogP contribution in [0.2, 0.25) is 10.0 Å². The van der Waals surface area contributed by atoms with Crippen molar-refractivity contribution in [2.24, 2.45) is 5.16 Å². The predicted octanol–water partition coefficient (Wildman–Crippen LogP) is 5.40. The molecule has 1 aliphatic heterocycles. The molecule has 1 aliphatic rings. The lowest BCUT2D eigenvalue weighted by Crippen LogP contribution is -2.42. The second-order valence-corrected chi connectivity index (χ2v) is 8.27. The van der Waals surface area contributed by atoms with Gasteiger partial charge in [-0.15, -0.1) is 0 Å². The Hall–Kier alpha value is -2.82. The molecule has 1 unspecified atom stereocenters. The number of alkyl halides is 3. The molecule has 0 saturated carbocycles. The van der Waals surface area contributed by atoms with E-state index in [1.165, 1.54) is 31.4 Å². The van der Waals surface area contributed by atoms with E-state index in [4.69, 9.17) is 37.5 Å². The van der Waals surface area contributed by atoms with Gasteiger partial charge in [0.05, 0.1) is 12.3 Å². The van der Waals surface area contributed by atoms with Crippen LogP contribution in [0.5, 0.6) is 0 Å². The molecule has 1 atom stereocenters. The first-order chi connectivity index (χ1) is 16.0. The maximum Gasteiger partial charge on any atom is 0.435 e.